The second-order valence-electron chi connectivity index (χ2n) is 13.4. The van der Waals surface area contributed by atoms with Gasteiger partial charge in [0.25, 0.3) is 11.8 Å². The first kappa shape index (κ1) is 45.7. The topological polar surface area (TPSA) is 282 Å². The van der Waals surface area contributed by atoms with E-state index in [2.05, 4.69) is 17.6 Å². The Balaban J connectivity index is 6.47. The fourth-order valence-corrected chi connectivity index (χ4v) is 6.05. The Morgan fingerprint density at radius 2 is 0.720 bits per heavy atom. The molecule has 0 saturated carbocycles. The number of nitrogens with one attached hydrogen (secondary N) is 2. The molecule has 0 aliphatic carbocycles. The van der Waals surface area contributed by atoms with E-state index in [-0.39, 0.29) is 56.1 Å². The summed E-state index contributed by atoms with van der Waals surface area (Å²) in [6.07, 6.45) is 1.01. The van der Waals surface area contributed by atoms with Gasteiger partial charge in [-0.1, -0.05) is 32.6 Å². The number of hydrogen-bond donors (Lipinski definition) is 8. The molecule has 0 fully saturated rings. The molecule has 2 amide bonds. The van der Waals surface area contributed by atoms with Gasteiger partial charge in [0.15, 0.2) is 13.1 Å². The standard InChI is InChI=1S/C33H55N3O14/c1-3-4-5-6-7-8-21-36(2,22-24(37)34-32(15-9-26(39)40,16-10-27(41)42)17-11-28(43)44)23-25(38)35-33(18-12-29(45)46,19-13-30(47)48)20-14-31(49)50/h3-23H2,1-2H3,(H7-,34,35,37,38,39,40,41,42,43,44,45,46,47,48,49,50)/p+1. The molecular formula is C33H56N3O14+. The first-order valence-corrected chi connectivity index (χ1v) is 17.0. The van der Waals surface area contributed by atoms with Gasteiger partial charge < -0.3 is 45.8 Å². The Labute approximate surface area is 292 Å². The van der Waals surface area contributed by atoms with Gasteiger partial charge >= 0.3 is 35.8 Å². The Hall–Kier alpha value is -4.28. The monoisotopic (exact) mass is 718 g/mol. The molecule has 0 saturated heterocycles. The lowest BCUT2D eigenvalue weighted by molar-refractivity contribution is -0.894. The number of unbranched alkanes of at least 4 members (excludes halogenated alkanes) is 5. The number of aliphatic carboxylic acids is 6. The molecule has 0 unspecified atom stereocenters. The summed E-state index contributed by atoms with van der Waals surface area (Å²) in [5, 5.41) is 61.4. The molecule has 0 spiro atoms. The number of carboxylic acids is 6. The minimum atomic E-state index is -1.49. The number of likely N-dealkylation sites (N-methyl/N-ethyl adjacent to an activating group) is 1. The number of carbonyl (C=O) groups is 8. The van der Waals surface area contributed by atoms with E-state index in [1.165, 1.54) is 0 Å². The minimum Gasteiger partial charge on any atom is -0.481 e. The van der Waals surface area contributed by atoms with E-state index in [0.29, 0.717) is 13.0 Å². The zero-order valence-corrected chi connectivity index (χ0v) is 29.2. The molecule has 0 bridgehead atoms. The van der Waals surface area contributed by atoms with E-state index in [9.17, 15) is 69.0 Å². The number of carbonyl (C=O) groups excluding carboxylic acids is 2. The van der Waals surface area contributed by atoms with Crippen LogP contribution in [0.25, 0.3) is 0 Å². The molecule has 0 aliphatic rings. The van der Waals surface area contributed by atoms with Gasteiger partial charge in [-0.05, 0) is 51.4 Å². The Kier molecular flexibility index (Phi) is 21.2. The van der Waals surface area contributed by atoms with Crippen molar-refractivity contribution in [3.63, 3.8) is 0 Å². The summed E-state index contributed by atoms with van der Waals surface area (Å²) in [6.45, 7) is 1.65. The quantitative estimate of drug-likeness (QED) is 0.0378. The summed E-state index contributed by atoms with van der Waals surface area (Å²) in [6, 6.07) is 0. The van der Waals surface area contributed by atoms with Crippen molar-refractivity contribution in [2.75, 3.05) is 26.7 Å². The van der Waals surface area contributed by atoms with Crippen molar-refractivity contribution in [1.29, 1.82) is 0 Å². The van der Waals surface area contributed by atoms with Gasteiger partial charge in [0.05, 0.1) is 13.6 Å². The minimum absolute atomic E-state index is 0.217. The van der Waals surface area contributed by atoms with Crippen LogP contribution in [0, 0.1) is 0 Å². The average molecular weight is 719 g/mol. The molecule has 0 heterocycles. The molecule has 0 aliphatic heterocycles. The first-order chi connectivity index (χ1) is 23.3. The zero-order valence-electron chi connectivity index (χ0n) is 29.2. The van der Waals surface area contributed by atoms with Crippen molar-refractivity contribution >= 4 is 47.6 Å². The molecule has 286 valence electrons. The maximum absolute atomic E-state index is 13.7. The van der Waals surface area contributed by atoms with Crippen molar-refractivity contribution in [1.82, 2.24) is 10.6 Å². The van der Waals surface area contributed by atoms with E-state index in [1.54, 1.807) is 7.05 Å². The van der Waals surface area contributed by atoms with Gasteiger partial charge in [-0.2, -0.15) is 0 Å². The normalized spacial score (nSPS) is 11.8. The Bertz CT molecular complexity index is 1000. The van der Waals surface area contributed by atoms with Crippen molar-refractivity contribution in [3.05, 3.63) is 0 Å². The molecule has 8 N–H and O–H groups in total. The average Bonchev–Trinajstić information content (AvgIpc) is 2.99. The highest BCUT2D eigenvalue weighted by Crippen LogP contribution is 2.28. The van der Waals surface area contributed by atoms with Crippen LogP contribution in [0.5, 0.6) is 0 Å². The van der Waals surface area contributed by atoms with Gasteiger partial charge in [-0.25, -0.2) is 0 Å². The number of amides is 2. The van der Waals surface area contributed by atoms with Gasteiger partial charge in [-0.3, -0.25) is 38.4 Å². The predicted octanol–water partition coefficient (Wildman–Crippen LogP) is 2.69. The zero-order chi connectivity index (χ0) is 38.4. The van der Waals surface area contributed by atoms with Gasteiger partial charge in [0, 0.05) is 49.6 Å². The van der Waals surface area contributed by atoms with Crippen LogP contribution in [0.15, 0.2) is 0 Å². The van der Waals surface area contributed by atoms with Crippen LogP contribution in [0.4, 0.5) is 0 Å². The number of nitrogens with zero attached hydrogens (tertiary/aromatic N) is 1. The van der Waals surface area contributed by atoms with Crippen LogP contribution in [0.3, 0.4) is 0 Å². The molecule has 0 atom stereocenters. The number of rotatable bonds is 31. The SMILES string of the molecule is CCCCCCCC[N+](C)(CC(=O)NC(CCC(=O)O)(CCC(=O)O)CCC(=O)O)CC(=O)NC(CCC(=O)O)(CCC(=O)O)CCC(=O)O. The van der Waals surface area contributed by atoms with E-state index >= 15 is 0 Å². The smallest absolute Gasteiger partial charge is 0.303 e. The van der Waals surface area contributed by atoms with Gasteiger partial charge in [-0.15, -0.1) is 0 Å². The molecule has 17 heteroatoms. The highest BCUT2D eigenvalue weighted by atomic mass is 16.4. The van der Waals surface area contributed by atoms with E-state index in [0.717, 1.165) is 32.1 Å². The summed E-state index contributed by atoms with van der Waals surface area (Å²) in [4.78, 5) is 96.0. The lowest BCUT2D eigenvalue weighted by atomic mass is 9.83. The molecule has 50 heavy (non-hydrogen) atoms. The Morgan fingerprint density at radius 3 is 0.980 bits per heavy atom. The van der Waals surface area contributed by atoms with Crippen LogP contribution in [-0.2, 0) is 38.4 Å². The van der Waals surface area contributed by atoms with Crippen molar-refractivity contribution in [2.45, 2.75) is 134 Å². The third kappa shape index (κ3) is 21.6. The predicted molar refractivity (Wildman–Crippen MR) is 177 cm³/mol. The first-order valence-electron chi connectivity index (χ1n) is 17.0. The van der Waals surface area contributed by atoms with Crippen LogP contribution >= 0.6 is 0 Å². The second-order valence-corrected chi connectivity index (χ2v) is 13.4. The van der Waals surface area contributed by atoms with Crippen molar-refractivity contribution in [3.8, 4) is 0 Å². The lowest BCUT2D eigenvalue weighted by Crippen LogP contribution is -2.60. The third-order valence-electron chi connectivity index (χ3n) is 8.82. The maximum atomic E-state index is 13.7. The lowest BCUT2D eigenvalue weighted by Gasteiger charge is -2.39. The highest BCUT2D eigenvalue weighted by molar-refractivity contribution is 5.81. The number of carboxylic acid groups (broad SMARTS) is 6. The second kappa shape index (κ2) is 23.2. The van der Waals surface area contributed by atoms with Crippen LogP contribution < -0.4 is 10.6 Å². The maximum Gasteiger partial charge on any atom is 0.303 e. The van der Waals surface area contributed by atoms with Crippen molar-refractivity contribution in [2.24, 2.45) is 0 Å². The molecule has 0 aromatic heterocycles. The molecule has 0 aromatic carbocycles. The summed E-state index contributed by atoms with van der Waals surface area (Å²) in [7, 11) is 1.62. The summed E-state index contributed by atoms with van der Waals surface area (Å²) in [5.74, 6) is -8.74. The Morgan fingerprint density at radius 1 is 0.460 bits per heavy atom. The summed E-state index contributed by atoms with van der Waals surface area (Å²) >= 11 is 0. The largest absolute Gasteiger partial charge is 0.481 e. The molecule has 0 radical (unpaired) electrons. The summed E-state index contributed by atoms with van der Waals surface area (Å²) in [5.41, 5.74) is -2.97. The molecule has 17 nitrogen and oxygen atoms in total. The van der Waals surface area contributed by atoms with Crippen LogP contribution in [0.1, 0.15) is 122 Å². The van der Waals surface area contributed by atoms with Crippen LogP contribution in [0.2, 0.25) is 0 Å². The van der Waals surface area contributed by atoms with Gasteiger partial charge in [0.1, 0.15) is 0 Å². The van der Waals surface area contributed by atoms with Gasteiger partial charge in [0.2, 0.25) is 0 Å². The molecule has 0 rings (SSSR count). The van der Waals surface area contributed by atoms with E-state index in [4.69, 9.17) is 0 Å². The highest BCUT2D eigenvalue weighted by Gasteiger charge is 2.39. The molecule has 0 aromatic rings. The number of quaternary nitrogens is 1. The van der Waals surface area contributed by atoms with Crippen molar-refractivity contribution < 1.29 is 73.5 Å². The summed E-state index contributed by atoms with van der Waals surface area (Å²) < 4.78 is -0.217. The fourth-order valence-electron chi connectivity index (χ4n) is 6.05. The number of hydrogen-bond acceptors (Lipinski definition) is 8. The van der Waals surface area contributed by atoms with Crippen LogP contribution in [-0.4, -0.2) is 121 Å². The molecular weight excluding hydrogens is 662 g/mol. The van der Waals surface area contributed by atoms with E-state index < -0.39 is 97.2 Å². The fraction of sp³-hybridized carbons (Fsp3) is 0.758. The van der Waals surface area contributed by atoms with E-state index in [1.807, 2.05) is 0 Å². The third-order valence-corrected chi connectivity index (χ3v) is 8.82.